The second kappa shape index (κ2) is 10.2. The number of benzene rings is 2. The van der Waals surface area contributed by atoms with Crippen LogP contribution >= 0.6 is 11.8 Å². The van der Waals surface area contributed by atoms with Crippen LogP contribution < -0.4 is 25.0 Å². The average Bonchev–Trinajstić information content (AvgIpc) is 3.08. The Morgan fingerprint density at radius 3 is 2.35 bits per heavy atom. The van der Waals surface area contributed by atoms with E-state index in [1.807, 2.05) is 48.5 Å². The van der Waals surface area contributed by atoms with E-state index in [1.54, 1.807) is 27.4 Å². The van der Waals surface area contributed by atoms with Crippen LogP contribution in [0.1, 0.15) is 30.5 Å². The first kappa shape index (κ1) is 23.7. The van der Waals surface area contributed by atoms with E-state index in [2.05, 4.69) is 5.32 Å². The molecule has 0 heterocycles. The summed E-state index contributed by atoms with van der Waals surface area (Å²) in [5, 5.41) is 3.08. The van der Waals surface area contributed by atoms with Gasteiger partial charge >= 0.3 is 0 Å². The smallest absolute Gasteiger partial charge is 0.217 e. The number of carbonyl (C=O) groups is 1. The van der Waals surface area contributed by atoms with Gasteiger partial charge in [0.25, 0.3) is 0 Å². The van der Waals surface area contributed by atoms with Gasteiger partial charge in [-0.25, -0.2) is 0 Å². The predicted molar refractivity (Wildman–Crippen MR) is 133 cm³/mol. The summed E-state index contributed by atoms with van der Waals surface area (Å²) in [6, 6.07) is 16.7. The number of ether oxygens (including phenoxy) is 3. The van der Waals surface area contributed by atoms with Gasteiger partial charge < -0.3 is 19.5 Å². The molecule has 0 fully saturated rings. The van der Waals surface area contributed by atoms with Crippen molar-refractivity contribution in [3.8, 4) is 28.4 Å². The first-order valence-electron chi connectivity index (χ1n) is 11.0. The molecule has 0 saturated carbocycles. The van der Waals surface area contributed by atoms with E-state index in [9.17, 15) is 9.59 Å². The van der Waals surface area contributed by atoms with Crippen molar-refractivity contribution in [1.29, 1.82) is 0 Å². The van der Waals surface area contributed by atoms with Gasteiger partial charge in [0.2, 0.25) is 11.7 Å². The fourth-order valence-corrected chi connectivity index (χ4v) is 5.29. The molecule has 0 aromatic heterocycles. The molecule has 0 bridgehead atoms. The van der Waals surface area contributed by atoms with Gasteiger partial charge in [0.05, 0.1) is 32.3 Å². The standard InChI is InChI=1S/C27H27NO5S/c1-16(29)28-21-12-10-17-14-23(31-2)26(32-3)27(33-4)25(17)19-11-13-22(30)24(15-20(19)21)34-18-8-6-5-7-9-18/h5-9,11,13-15,21H,10,12H2,1-4H3,(H,28,29)/t21-/m0/s1. The Morgan fingerprint density at radius 1 is 0.971 bits per heavy atom. The fraction of sp³-hybridized carbons (Fsp3) is 0.259. The van der Waals surface area contributed by atoms with E-state index in [0.717, 1.165) is 27.1 Å². The van der Waals surface area contributed by atoms with E-state index in [-0.39, 0.29) is 17.4 Å². The zero-order valence-corrected chi connectivity index (χ0v) is 20.5. The van der Waals surface area contributed by atoms with Crippen molar-refractivity contribution in [3.05, 3.63) is 75.9 Å². The Hall–Kier alpha value is -3.45. The first-order valence-corrected chi connectivity index (χ1v) is 11.8. The molecule has 0 unspecified atom stereocenters. The third-order valence-electron chi connectivity index (χ3n) is 5.85. The lowest BCUT2D eigenvalue weighted by Crippen LogP contribution is -2.26. The third-order valence-corrected chi connectivity index (χ3v) is 6.90. The average molecular weight is 478 g/mol. The van der Waals surface area contributed by atoms with E-state index in [4.69, 9.17) is 14.2 Å². The van der Waals surface area contributed by atoms with E-state index >= 15 is 0 Å². The molecule has 3 aromatic rings. The van der Waals surface area contributed by atoms with Gasteiger partial charge in [0.1, 0.15) is 0 Å². The summed E-state index contributed by atoms with van der Waals surface area (Å²) in [7, 11) is 4.75. The topological polar surface area (TPSA) is 73.9 Å². The lowest BCUT2D eigenvalue weighted by molar-refractivity contribution is -0.119. The van der Waals surface area contributed by atoms with Gasteiger partial charge in [-0.05, 0) is 65.9 Å². The number of amides is 1. The Morgan fingerprint density at radius 2 is 1.71 bits per heavy atom. The van der Waals surface area contributed by atoms with Crippen molar-refractivity contribution in [2.45, 2.75) is 35.6 Å². The number of hydrogen-bond donors (Lipinski definition) is 1. The van der Waals surface area contributed by atoms with Gasteiger partial charge in [0, 0.05) is 17.4 Å². The molecule has 34 heavy (non-hydrogen) atoms. The molecule has 176 valence electrons. The van der Waals surface area contributed by atoms with Crippen molar-refractivity contribution >= 4 is 17.7 Å². The van der Waals surface area contributed by atoms with Crippen LogP contribution in [0.15, 0.2) is 69.2 Å². The molecular formula is C27H27NO5S. The summed E-state index contributed by atoms with van der Waals surface area (Å²) in [4.78, 5) is 26.8. The second-order valence-electron chi connectivity index (χ2n) is 7.96. The molecule has 7 heteroatoms. The number of methoxy groups -OCH3 is 3. The molecule has 3 aromatic carbocycles. The lowest BCUT2D eigenvalue weighted by atomic mass is 9.95. The van der Waals surface area contributed by atoms with Crippen LogP contribution in [-0.2, 0) is 11.2 Å². The number of hydrogen-bond acceptors (Lipinski definition) is 6. The summed E-state index contributed by atoms with van der Waals surface area (Å²) in [6.07, 6.45) is 1.34. The van der Waals surface area contributed by atoms with Crippen LogP contribution in [0.3, 0.4) is 0 Å². The van der Waals surface area contributed by atoms with Crippen molar-refractivity contribution in [3.63, 3.8) is 0 Å². The van der Waals surface area contributed by atoms with Crippen molar-refractivity contribution in [1.82, 2.24) is 5.32 Å². The highest BCUT2D eigenvalue weighted by Crippen LogP contribution is 2.50. The predicted octanol–water partition coefficient (Wildman–Crippen LogP) is 5.01. The van der Waals surface area contributed by atoms with Crippen molar-refractivity contribution in [2.24, 2.45) is 0 Å². The minimum atomic E-state index is -0.275. The van der Waals surface area contributed by atoms with Crippen molar-refractivity contribution < 1.29 is 19.0 Å². The summed E-state index contributed by atoms with van der Waals surface area (Å²) in [5.74, 6) is 1.47. The molecular weight excluding hydrogens is 450 g/mol. The highest BCUT2D eigenvalue weighted by atomic mass is 32.2. The largest absolute Gasteiger partial charge is 0.493 e. The Balaban J connectivity index is 2.01. The maximum atomic E-state index is 13.1. The summed E-state index contributed by atoms with van der Waals surface area (Å²) in [5.41, 5.74) is 3.43. The Bertz CT molecular complexity index is 1280. The van der Waals surface area contributed by atoms with E-state index in [0.29, 0.717) is 35.0 Å². The monoisotopic (exact) mass is 477 g/mol. The molecule has 1 N–H and O–H groups in total. The van der Waals surface area contributed by atoms with Crippen LogP contribution in [0.4, 0.5) is 0 Å². The molecule has 0 spiro atoms. The number of carbonyl (C=O) groups excluding carboxylic acids is 1. The highest BCUT2D eigenvalue weighted by Gasteiger charge is 2.29. The molecule has 1 atom stereocenters. The minimum absolute atomic E-state index is 0.0931. The summed E-state index contributed by atoms with van der Waals surface area (Å²) < 4.78 is 17.0. The van der Waals surface area contributed by atoms with Crippen LogP contribution in [0, 0.1) is 0 Å². The highest BCUT2D eigenvalue weighted by molar-refractivity contribution is 7.99. The number of rotatable bonds is 6. The first-order chi connectivity index (χ1) is 16.5. The van der Waals surface area contributed by atoms with Gasteiger partial charge in [-0.3, -0.25) is 9.59 Å². The maximum Gasteiger partial charge on any atom is 0.217 e. The van der Waals surface area contributed by atoms with E-state index < -0.39 is 0 Å². The fourth-order valence-electron chi connectivity index (χ4n) is 4.39. The van der Waals surface area contributed by atoms with Gasteiger partial charge in [-0.1, -0.05) is 30.0 Å². The molecule has 1 aliphatic rings. The van der Waals surface area contributed by atoms with Crippen LogP contribution in [0.2, 0.25) is 0 Å². The number of fused-ring (bicyclic) bond motifs is 3. The molecule has 0 aliphatic heterocycles. The SMILES string of the molecule is COc1cc2c(c(OC)c1OC)-c1ccc(=O)c(Sc3ccccc3)cc1[C@@H](NC(C)=O)CC2. The molecule has 0 radical (unpaired) electrons. The molecule has 1 amide bonds. The lowest BCUT2D eigenvalue weighted by Gasteiger charge is -2.20. The van der Waals surface area contributed by atoms with Crippen LogP contribution in [0.25, 0.3) is 11.1 Å². The summed E-state index contributed by atoms with van der Waals surface area (Å²) in [6.45, 7) is 1.51. The zero-order valence-electron chi connectivity index (χ0n) is 19.6. The molecule has 0 saturated heterocycles. The van der Waals surface area contributed by atoms with E-state index in [1.165, 1.54) is 18.7 Å². The normalized spacial score (nSPS) is 14.3. The van der Waals surface area contributed by atoms with Crippen LogP contribution in [-0.4, -0.2) is 27.2 Å². The zero-order chi connectivity index (χ0) is 24.2. The quantitative estimate of drug-likeness (QED) is 0.538. The van der Waals surface area contributed by atoms with Gasteiger partial charge in [-0.2, -0.15) is 0 Å². The molecule has 4 rings (SSSR count). The minimum Gasteiger partial charge on any atom is -0.493 e. The van der Waals surface area contributed by atoms with Gasteiger partial charge in [0.15, 0.2) is 16.9 Å². The number of aryl methyl sites for hydroxylation is 1. The maximum absolute atomic E-state index is 13.1. The van der Waals surface area contributed by atoms with Crippen molar-refractivity contribution in [2.75, 3.05) is 21.3 Å². The summed E-state index contributed by atoms with van der Waals surface area (Å²) >= 11 is 1.41. The molecule has 6 nitrogen and oxygen atoms in total. The third kappa shape index (κ3) is 4.61. The second-order valence-corrected chi connectivity index (χ2v) is 9.08. The number of nitrogens with one attached hydrogen (secondary N) is 1. The Labute approximate surface area is 203 Å². The van der Waals surface area contributed by atoms with Gasteiger partial charge in [-0.15, -0.1) is 0 Å². The Kier molecular flexibility index (Phi) is 7.12. The van der Waals surface area contributed by atoms with Crippen LogP contribution in [0.5, 0.6) is 17.2 Å². The molecule has 1 aliphatic carbocycles.